The first-order valence-electron chi connectivity index (χ1n) is 5.12. The molecular weight excluding hydrogens is 212 g/mol. The molecule has 1 aromatic rings. The number of benzene rings is 1. The summed E-state index contributed by atoms with van der Waals surface area (Å²) in [5.74, 6) is 0. The summed E-state index contributed by atoms with van der Waals surface area (Å²) in [5, 5.41) is -0.221. The van der Waals surface area contributed by atoms with E-state index in [1.807, 2.05) is 6.07 Å². The molecule has 0 atom stereocenters. The molecule has 1 heterocycles. The molecular formula is C12H11ClO2. The Hall–Kier alpha value is -0.860. The van der Waals surface area contributed by atoms with E-state index >= 15 is 0 Å². The first kappa shape index (κ1) is 9.37. The Morgan fingerprint density at radius 2 is 2.00 bits per heavy atom. The molecule has 3 heteroatoms. The number of hydrogen-bond acceptors (Lipinski definition) is 2. The van der Waals surface area contributed by atoms with E-state index in [9.17, 15) is 4.79 Å². The molecule has 0 unspecified atom stereocenters. The van der Waals surface area contributed by atoms with Gasteiger partial charge < -0.3 is 4.74 Å². The summed E-state index contributed by atoms with van der Waals surface area (Å²) in [4.78, 5) is 11.4. The zero-order valence-corrected chi connectivity index (χ0v) is 9.01. The molecule has 2 nitrogen and oxygen atoms in total. The molecule has 0 saturated heterocycles. The fraction of sp³-hybridized carbons (Fsp3) is 0.417. The van der Waals surface area contributed by atoms with Gasteiger partial charge in [-0.3, -0.25) is 4.79 Å². The number of ether oxygens (including phenoxy) is 1. The van der Waals surface area contributed by atoms with E-state index < -0.39 is 0 Å². The van der Waals surface area contributed by atoms with Gasteiger partial charge in [0, 0.05) is 0 Å². The number of carbonyl (C=O) groups is 1. The predicted octanol–water partition coefficient (Wildman–Crippen LogP) is 2.51. The molecule has 0 amide bonds. The molecule has 78 valence electrons. The topological polar surface area (TPSA) is 26.3 Å². The van der Waals surface area contributed by atoms with Crippen LogP contribution in [0.3, 0.4) is 0 Å². The molecule has 15 heavy (non-hydrogen) atoms. The third-order valence-electron chi connectivity index (χ3n) is 3.40. The average molecular weight is 223 g/mol. The number of carbonyl (C=O) groups excluding carboxylic acids is 1. The minimum absolute atomic E-state index is 0.221. The Morgan fingerprint density at radius 3 is 2.67 bits per heavy atom. The fourth-order valence-corrected chi connectivity index (χ4v) is 2.49. The zero-order valence-electron chi connectivity index (χ0n) is 8.25. The van der Waals surface area contributed by atoms with E-state index in [0.717, 1.165) is 18.4 Å². The Bertz CT molecular complexity index is 435. The van der Waals surface area contributed by atoms with Crippen molar-refractivity contribution >= 4 is 16.8 Å². The lowest BCUT2D eigenvalue weighted by atomic mass is 9.94. The normalized spacial score (nSPS) is 21.1. The van der Waals surface area contributed by atoms with Crippen LogP contribution in [0.4, 0.5) is 0 Å². The zero-order chi connectivity index (χ0) is 10.5. The minimum atomic E-state index is -0.376. The molecule has 3 rings (SSSR count). The number of fused-ring (bicyclic) bond motifs is 1. The lowest BCUT2D eigenvalue weighted by Crippen LogP contribution is -2.15. The van der Waals surface area contributed by atoms with Crippen molar-refractivity contribution < 1.29 is 9.53 Å². The van der Waals surface area contributed by atoms with E-state index in [-0.39, 0.29) is 10.7 Å². The third-order valence-corrected chi connectivity index (χ3v) is 3.76. The second-order valence-electron chi connectivity index (χ2n) is 4.33. The van der Waals surface area contributed by atoms with Crippen LogP contribution in [0, 0.1) is 0 Å². The first-order valence-corrected chi connectivity index (χ1v) is 5.50. The van der Waals surface area contributed by atoms with Crippen LogP contribution in [0.25, 0.3) is 0 Å². The van der Waals surface area contributed by atoms with Crippen LogP contribution in [-0.4, -0.2) is 5.24 Å². The molecule has 0 bridgehead atoms. The minimum Gasteiger partial charge on any atom is -0.372 e. The maximum atomic E-state index is 11.4. The maximum absolute atomic E-state index is 11.4. The standard InChI is InChI=1S/C12H11ClO2/c13-11(14)12(3-4-12)10-2-1-8-6-15-7-9(8)5-10/h1-2,5H,3-4,6-7H2. The molecule has 1 saturated carbocycles. The van der Waals surface area contributed by atoms with Crippen molar-refractivity contribution in [3.63, 3.8) is 0 Å². The smallest absolute Gasteiger partial charge is 0.232 e. The van der Waals surface area contributed by atoms with Crippen LogP contribution in [0.15, 0.2) is 18.2 Å². The van der Waals surface area contributed by atoms with Crippen LogP contribution in [0.1, 0.15) is 29.5 Å². The van der Waals surface area contributed by atoms with E-state index in [2.05, 4.69) is 12.1 Å². The van der Waals surface area contributed by atoms with Crippen LogP contribution < -0.4 is 0 Å². The van der Waals surface area contributed by atoms with Crippen molar-refractivity contribution in [2.75, 3.05) is 0 Å². The van der Waals surface area contributed by atoms with Crippen molar-refractivity contribution in [2.45, 2.75) is 31.5 Å². The monoisotopic (exact) mass is 222 g/mol. The van der Waals surface area contributed by atoms with E-state index in [1.54, 1.807) is 0 Å². The second kappa shape index (κ2) is 3.06. The molecule has 0 radical (unpaired) electrons. The Kier molecular flexibility index (Phi) is 1.91. The van der Waals surface area contributed by atoms with Gasteiger partial charge in [-0.2, -0.15) is 0 Å². The van der Waals surface area contributed by atoms with Gasteiger partial charge in [-0.05, 0) is 41.1 Å². The summed E-state index contributed by atoms with van der Waals surface area (Å²) in [6, 6.07) is 6.15. The maximum Gasteiger partial charge on any atom is 0.232 e. The Balaban J connectivity index is 2.03. The number of hydrogen-bond donors (Lipinski definition) is 0. The highest BCUT2D eigenvalue weighted by molar-refractivity contribution is 6.66. The van der Waals surface area contributed by atoms with Gasteiger partial charge in [0.25, 0.3) is 0 Å². The predicted molar refractivity (Wildman–Crippen MR) is 56.7 cm³/mol. The molecule has 0 aromatic heterocycles. The SMILES string of the molecule is O=C(Cl)C1(c2ccc3c(c2)COC3)CC1. The molecule has 0 N–H and O–H groups in total. The highest BCUT2D eigenvalue weighted by Gasteiger charge is 2.50. The van der Waals surface area contributed by atoms with Crippen molar-refractivity contribution in [3.8, 4) is 0 Å². The third kappa shape index (κ3) is 1.32. The van der Waals surface area contributed by atoms with Gasteiger partial charge in [-0.15, -0.1) is 0 Å². The molecule has 1 aromatic carbocycles. The van der Waals surface area contributed by atoms with E-state index in [4.69, 9.17) is 16.3 Å². The van der Waals surface area contributed by atoms with Gasteiger partial charge in [0.1, 0.15) is 0 Å². The lowest BCUT2D eigenvalue weighted by molar-refractivity contribution is -0.113. The summed E-state index contributed by atoms with van der Waals surface area (Å²) < 4.78 is 5.35. The van der Waals surface area contributed by atoms with Crippen molar-refractivity contribution in [1.82, 2.24) is 0 Å². The van der Waals surface area contributed by atoms with Gasteiger partial charge in [0.2, 0.25) is 5.24 Å². The Labute approximate surface area is 93.2 Å². The molecule has 1 fully saturated rings. The summed E-state index contributed by atoms with van der Waals surface area (Å²) in [7, 11) is 0. The summed E-state index contributed by atoms with van der Waals surface area (Å²) in [6.07, 6.45) is 1.77. The largest absolute Gasteiger partial charge is 0.372 e. The quantitative estimate of drug-likeness (QED) is 0.719. The lowest BCUT2D eigenvalue weighted by Gasteiger charge is -2.11. The second-order valence-corrected chi connectivity index (χ2v) is 4.68. The molecule has 1 aliphatic heterocycles. The fourth-order valence-electron chi connectivity index (χ4n) is 2.19. The van der Waals surface area contributed by atoms with Crippen LogP contribution in [-0.2, 0) is 28.2 Å². The van der Waals surface area contributed by atoms with Crippen molar-refractivity contribution in [1.29, 1.82) is 0 Å². The average Bonchev–Trinajstić information content (AvgIpc) is 2.91. The van der Waals surface area contributed by atoms with Crippen molar-refractivity contribution in [2.24, 2.45) is 0 Å². The van der Waals surface area contributed by atoms with Gasteiger partial charge >= 0.3 is 0 Å². The molecule has 2 aliphatic rings. The summed E-state index contributed by atoms with van der Waals surface area (Å²) in [6.45, 7) is 1.35. The van der Waals surface area contributed by atoms with Crippen LogP contribution in [0.5, 0.6) is 0 Å². The van der Waals surface area contributed by atoms with Gasteiger partial charge in [-0.1, -0.05) is 18.2 Å². The van der Waals surface area contributed by atoms with Crippen LogP contribution >= 0.6 is 11.6 Å². The summed E-state index contributed by atoms with van der Waals surface area (Å²) >= 11 is 5.65. The van der Waals surface area contributed by atoms with Gasteiger partial charge in [-0.25, -0.2) is 0 Å². The first-order chi connectivity index (χ1) is 7.22. The van der Waals surface area contributed by atoms with Gasteiger partial charge in [0.15, 0.2) is 0 Å². The van der Waals surface area contributed by atoms with E-state index in [0.29, 0.717) is 13.2 Å². The highest BCUT2D eigenvalue weighted by atomic mass is 35.5. The van der Waals surface area contributed by atoms with E-state index in [1.165, 1.54) is 11.1 Å². The highest BCUT2D eigenvalue weighted by Crippen LogP contribution is 2.50. The van der Waals surface area contributed by atoms with Gasteiger partial charge in [0.05, 0.1) is 18.6 Å². The van der Waals surface area contributed by atoms with Crippen molar-refractivity contribution in [3.05, 3.63) is 34.9 Å². The molecule has 1 aliphatic carbocycles. The summed E-state index contributed by atoms with van der Waals surface area (Å²) in [5.41, 5.74) is 3.12. The molecule has 0 spiro atoms. The van der Waals surface area contributed by atoms with Crippen LogP contribution in [0.2, 0.25) is 0 Å². The number of halogens is 1. The Morgan fingerprint density at radius 1 is 1.27 bits per heavy atom. The number of rotatable bonds is 2.